The minimum Gasteiger partial charge on any atom is -0.326 e. The molecule has 0 bridgehead atoms. The zero-order chi connectivity index (χ0) is 16.4. The van der Waals surface area contributed by atoms with E-state index in [1.807, 2.05) is 42.5 Å². The van der Waals surface area contributed by atoms with Crippen LogP contribution in [0.4, 0.5) is 5.69 Å². The van der Waals surface area contributed by atoms with E-state index in [1.54, 1.807) is 11.3 Å². The van der Waals surface area contributed by atoms with Crippen LogP contribution >= 0.6 is 11.3 Å². The maximum absolute atomic E-state index is 12.4. The van der Waals surface area contributed by atoms with Crippen molar-refractivity contribution in [3.05, 3.63) is 48.5 Å². The molecule has 1 fully saturated rings. The van der Waals surface area contributed by atoms with E-state index in [2.05, 4.69) is 11.4 Å². The third-order valence-corrected chi connectivity index (χ3v) is 5.73. The van der Waals surface area contributed by atoms with Gasteiger partial charge in [-0.25, -0.2) is 4.98 Å². The van der Waals surface area contributed by atoms with Crippen LogP contribution in [-0.4, -0.2) is 10.9 Å². The Bertz CT molecular complexity index is 832. The van der Waals surface area contributed by atoms with Gasteiger partial charge in [0.1, 0.15) is 5.01 Å². The van der Waals surface area contributed by atoms with Crippen molar-refractivity contribution in [1.29, 1.82) is 0 Å². The number of amides is 1. The number of nitrogens with zero attached hydrogens (tertiary/aromatic N) is 1. The van der Waals surface area contributed by atoms with Crippen LogP contribution in [0.2, 0.25) is 0 Å². The second kappa shape index (κ2) is 6.73. The maximum atomic E-state index is 12.4. The average Bonchev–Trinajstić information content (AvgIpc) is 3.07. The van der Waals surface area contributed by atoms with Crippen LogP contribution in [-0.2, 0) is 4.79 Å². The summed E-state index contributed by atoms with van der Waals surface area (Å²) in [6.07, 6.45) is 5.64. The standard InChI is InChI=1S/C20H20N2OS/c23-19(14-7-2-1-3-8-14)21-16-10-6-9-15(13-16)20-22-17-11-4-5-12-18(17)24-20/h4-6,9-14H,1-3,7-8H2,(H,21,23). The van der Waals surface area contributed by atoms with Gasteiger partial charge >= 0.3 is 0 Å². The first-order chi connectivity index (χ1) is 11.8. The van der Waals surface area contributed by atoms with Crippen LogP contribution in [0.3, 0.4) is 0 Å². The number of nitrogens with one attached hydrogen (secondary N) is 1. The SMILES string of the molecule is O=C(Nc1cccc(-c2nc3ccccc3s2)c1)C1CCCCC1. The number of hydrogen-bond acceptors (Lipinski definition) is 3. The highest BCUT2D eigenvalue weighted by atomic mass is 32.1. The Balaban J connectivity index is 1.55. The summed E-state index contributed by atoms with van der Waals surface area (Å²) in [4.78, 5) is 17.1. The van der Waals surface area contributed by atoms with Crippen LogP contribution in [0, 0.1) is 5.92 Å². The van der Waals surface area contributed by atoms with Gasteiger partial charge in [-0.15, -0.1) is 11.3 Å². The van der Waals surface area contributed by atoms with E-state index in [1.165, 1.54) is 24.0 Å². The Morgan fingerprint density at radius 1 is 1.04 bits per heavy atom. The molecule has 0 spiro atoms. The fourth-order valence-electron chi connectivity index (χ4n) is 3.33. The number of aromatic nitrogens is 1. The Labute approximate surface area is 145 Å². The normalized spacial score (nSPS) is 15.5. The topological polar surface area (TPSA) is 42.0 Å². The first-order valence-electron chi connectivity index (χ1n) is 8.56. The molecular formula is C20H20N2OS. The number of fused-ring (bicyclic) bond motifs is 1. The molecule has 0 radical (unpaired) electrons. The lowest BCUT2D eigenvalue weighted by molar-refractivity contribution is -0.120. The molecule has 0 atom stereocenters. The smallest absolute Gasteiger partial charge is 0.227 e. The van der Waals surface area contributed by atoms with Gasteiger partial charge in [-0.1, -0.05) is 43.5 Å². The summed E-state index contributed by atoms with van der Waals surface area (Å²) >= 11 is 1.68. The summed E-state index contributed by atoms with van der Waals surface area (Å²) < 4.78 is 1.18. The first-order valence-corrected chi connectivity index (χ1v) is 9.38. The van der Waals surface area contributed by atoms with Gasteiger partial charge in [0.15, 0.2) is 0 Å². The van der Waals surface area contributed by atoms with E-state index in [0.29, 0.717) is 0 Å². The molecular weight excluding hydrogens is 316 g/mol. The van der Waals surface area contributed by atoms with Gasteiger partial charge < -0.3 is 5.32 Å². The fourth-order valence-corrected chi connectivity index (χ4v) is 4.30. The Kier molecular flexibility index (Phi) is 4.30. The first kappa shape index (κ1) is 15.3. The third kappa shape index (κ3) is 3.20. The number of carbonyl (C=O) groups excluding carboxylic acids is 1. The molecule has 2 aromatic carbocycles. The maximum Gasteiger partial charge on any atom is 0.227 e. The molecule has 1 amide bonds. The highest BCUT2D eigenvalue weighted by molar-refractivity contribution is 7.21. The van der Waals surface area contributed by atoms with Crippen LogP contribution in [0.25, 0.3) is 20.8 Å². The molecule has 4 heteroatoms. The van der Waals surface area contributed by atoms with E-state index < -0.39 is 0 Å². The second-order valence-corrected chi connectivity index (χ2v) is 7.42. The molecule has 4 rings (SSSR count). The molecule has 0 aliphatic heterocycles. The van der Waals surface area contributed by atoms with Gasteiger partial charge in [0.05, 0.1) is 10.2 Å². The molecule has 1 heterocycles. The van der Waals surface area contributed by atoms with Crippen LogP contribution < -0.4 is 5.32 Å². The van der Waals surface area contributed by atoms with Crippen LogP contribution in [0.5, 0.6) is 0 Å². The van der Waals surface area contributed by atoms with E-state index >= 15 is 0 Å². The van der Waals surface area contributed by atoms with Gasteiger partial charge in [0, 0.05) is 17.2 Å². The molecule has 3 nitrogen and oxygen atoms in total. The van der Waals surface area contributed by atoms with E-state index in [0.717, 1.165) is 34.6 Å². The van der Waals surface area contributed by atoms with Crippen molar-refractivity contribution in [3.63, 3.8) is 0 Å². The molecule has 1 aromatic heterocycles. The van der Waals surface area contributed by atoms with Gasteiger partial charge in [0.2, 0.25) is 5.91 Å². The molecule has 24 heavy (non-hydrogen) atoms. The average molecular weight is 336 g/mol. The molecule has 0 unspecified atom stereocenters. The molecule has 1 aliphatic carbocycles. The highest BCUT2D eigenvalue weighted by Crippen LogP contribution is 2.31. The van der Waals surface area contributed by atoms with Crippen molar-refractivity contribution in [2.75, 3.05) is 5.32 Å². The molecule has 1 N–H and O–H groups in total. The third-order valence-electron chi connectivity index (χ3n) is 4.65. The quantitative estimate of drug-likeness (QED) is 0.688. The van der Waals surface area contributed by atoms with Crippen molar-refractivity contribution in [2.45, 2.75) is 32.1 Å². The monoisotopic (exact) mass is 336 g/mol. The molecule has 122 valence electrons. The van der Waals surface area contributed by atoms with Crippen molar-refractivity contribution >= 4 is 33.1 Å². The Morgan fingerprint density at radius 3 is 2.71 bits per heavy atom. The number of rotatable bonds is 3. The van der Waals surface area contributed by atoms with Crippen molar-refractivity contribution in [3.8, 4) is 10.6 Å². The highest BCUT2D eigenvalue weighted by Gasteiger charge is 2.21. The van der Waals surface area contributed by atoms with E-state index in [4.69, 9.17) is 4.98 Å². The van der Waals surface area contributed by atoms with Crippen LogP contribution in [0.15, 0.2) is 48.5 Å². The van der Waals surface area contributed by atoms with Gasteiger partial charge in [-0.3, -0.25) is 4.79 Å². The summed E-state index contributed by atoms with van der Waals surface area (Å²) in [5.41, 5.74) is 2.94. The predicted octanol–water partition coefficient (Wildman–Crippen LogP) is 5.48. The van der Waals surface area contributed by atoms with Crippen molar-refractivity contribution in [2.24, 2.45) is 5.92 Å². The number of carbonyl (C=O) groups is 1. The lowest BCUT2D eigenvalue weighted by atomic mass is 9.88. The molecule has 1 aliphatic rings. The van der Waals surface area contributed by atoms with E-state index in [9.17, 15) is 4.79 Å². The van der Waals surface area contributed by atoms with Gasteiger partial charge in [-0.05, 0) is 37.1 Å². The Morgan fingerprint density at radius 2 is 1.88 bits per heavy atom. The lowest BCUT2D eigenvalue weighted by Crippen LogP contribution is -2.24. The number of hydrogen-bond donors (Lipinski definition) is 1. The minimum absolute atomic E-state index is 0.163. The van der Waals surface area contributed by atoms with Crippen molar-refractivity contribution < 1.29 is 4.79 Å². The number of para-hydroxylation sites is 1. The fraction of sp³-hybridized carbons (Fsp3) is 0.300. The minimum atomic E-state index is 0.163. The summed E-state index contributed by atoms with van der Waals surface area (Å²) in [5.74, 6) is 0.334. The number of thiazole rings is 1. The summed E-state index contributed by atoms with van der Waals surface area (Å²) in [6.45, 7) is 0. The summed E-state index contributed by atoms with van der Waals surface area (Å²) in [7, 11) is 0. The molecule has 0 saturated heterocycles. The van der Waals surface area contributed by atoms with E-state index in [-0.39, 0.29) is 11.8 Å². The van der Waals surface area contributed by atoms with Crippen molar-refractivity contribution in [1.82, 2.24) is 4.98 Å². The van der Waals surface area contributed by atoms with Gasteiger partial charge in [-0.2, -0.15) is 0 Å². The largest absolute Gasteiger partial charge is 0.326 e. The molecule has 3 aromatic rings. The lowest BCUT2D eigenvalue weighted by Gasteiger charge is -2.20. The zero-order valence-electron chi connectivity index (χ0n) is 13.5. The predicted molar refractivity (Wildman–Crippen MR) is 100 cm³/mol. The summed E-state index contributed by atoms with van der Waals surface area (Å²) in [5, 5.41) is 4.08. The number of benzene rings is 2. The second-order valence-electron chi connectivity index (χ2n) is 6.39. The van der Waals surface area contributed by atoms with Gasteiger partial charge in [0.25, 0.3) is 0 Å². The zero-order valence-corrected chi connectivity index (χ0v) is 14.3. The summed E-state index contributed by atoms with van der Waals surface area (Å²) in [6, 6.07) is 16.2. The number of anilines is 1. The van der Waals surface area contributed by atoms with Crippen LogP contribution in [0.1, 0.15) is 32.1 Å². The Hall–Kier alpha value is -2.20. The molecule has 1 saturated carbocycles.